The van der Waals surface area contributed by atoms with Gasteiger partial charge in [-0.25, -0.2) is 0 Å². The van der Waals surface area contributed by atoms with Crippen LogP contribution in [-0.2, 0) is 4.79 Å². The van der Waals surface area contributed by atoms with Crippen LogP contribution in [0, 0.1) is 5.41 Å². The predicted octanol–water partition coefficient (Wildman–Crippen LogP) is 0.667. The summed E-state index contributed by atoms with van der Waals surface area (Å²) in [5.74, 6) is -0.396. The maximum absolute atomic E-state index is 13.0. The molecule has 0 aromatic carbocycles. The average Bonchev–Trinajstić information content (AvgIpc) is 2.47. The second kappa shape index (κ2) is 10.4. The number of hydrogen-bond acceptors (Lipinski definition) is 6. The van der Waals surface area contributed by atoms with Gasteiger partial charge in [-0.05, 0) is 38.6 Å². The normalized spacial score (nSPS) is 29.9. The van der Waals surface area contributed by atoms with Gasteiger partial charge in [-0.2, -0.15) is 0 Å². The molecule has 1 rings (SSSR count). The zero-order chi connectivity index (χ0) is 20.3. The van der Waals surface area contributed by atoms with Crippen LogP contribution in [0.15, 0.2) is 0 Å². The number of carbonyl (C=O) groups excluding carboxylic acids is 1. The van der Waals surface area contributed by atoms with Gasteiger partial charge in [0.15, 0.2) is 0 Å². The van der Waals surface area contributed by atoms with Gasteiger partial charge in [0.05, 0.1) is 12.6 Å². The summed E-state index contributed by atoms with van der Waals surface area (Å²) in [6.07, 6.45) is -1.85. The molecule has 0 spiro atoms. The number of unbranched alkanes of at least 4 members (excludes halogenated alkanes) is 1. The molecule has 162 valence electrons. The van der Waals surface area contributed by atoms with Gasteiger partial charge in [0.25, 0.3) is 0 Å². The summed E-state index contributed by atoms with van der Waals surface area (Å²) < 4.78 is 0. The fourth-order valence-electron chi connectivity index (χ4n) is 4.16. The lowest BCUT2D eigenvalue weighted by Gasteiger charge is -2.48. The number of aliphatic hydroxyl groups excluding tert-OH is 4. The molecule has 0 radical (unpaired) electrons. The SMILES string of the molecule is CCCCN1[C@H](CO)[C@@H](O)[C@H](O)[C@@H](O)[C@H]1C(=O)NC(C)(C)CC(C)(C)C.Cl. The van der Waals surface area contributed by atoms with Gasteiger partial charge in [0, 0.05) is 5.54 Å². The predicted molar refractivity (Wildman–Crippen MR) is 108 cm³/mol. The van der Waals surface area contributed by atoms with Crippen LogP contribution < -0.4 is 5.32 Å². The van der Waals surface area contributed by atoms with Crippen LogP contribution >= 0.6 is 12.4 Å². The van der Waals surface area contributed by atoms with Crippen LogP contribution in [0.25, 0.3) is 0 Å². The molecule has 5 atom stereocenters. The lowest BCUT2D eigenvalue weighted by atomic mass is 9.81. The Labute approximate surface area is 169 Å². The first-order chi connectivity index (χ1) is 11.8. The van der Waals surface area contributed by atoms with Crippen molar-refractivity contribution < 1.29 is 25.2 Å². The molecule has 8 heteroatoms. The number of piperidine rings is 1. The summed E-state index contributed by atoms with van der Waals surface area (Å²) in [6, 6.07) is -1.81. The van der Waals surface area contributed by atoms with Gasteiger partial charge < -0.3 is 25.7 Å². The van der Waals surface area contributed by atoms with E-state index in [2.05, 4.69) is 26.1 Å². The molecule has 1 heterocycles. The van der Waals surface area contributed by atoms with Crippen molar-refractivity contribution >= 4 is 18.3 Å². The van der Waals surface area contributed by atoms with Crippen LogP contribution in [0.1, 0.15) is 60.8 Å². The molecule has 0 aromatic rings. The lowest BCUT2D eigenvalue weighted by Crippen LogP contribution is -2.71. The van der Waals surface area contributed by atoms with E-state index in [0.717, 1.165) is 19.3 Å². The largest absolute Gasteiger partial charge is 0.395 e. The third kappa shape index (κ3) is 7.15. The third-order valence-electron chi connectivity index (χ3n) is 4.86. The molecular weight excluding hydrogens is 372 g/mol. The minimum absolute atomic E-state index is 0. The van der Waals surface area contributed by atoms with E-state index in [4.69, 9.17) is 0 Å². The van der Waals surface area contributed by atoms with Crippen molar-refractivity contribution in [2.45, 2.75) is 96.7 Å². The Hall–Kier alpha value is -0.440. The van der Waals surface area contributed by atoms with E-state index in [1.807, 2.05) is 20.8 Å². The van der Waals surface area contributed by atoms with Crippen molar-refractivity contribution in [3.05, 3.63) is 0 Å². The average molecular weight is 411 g/mol. The molecular formula is C19H39ClN2O5. The first-order valence-corrected chi connectivity index (χ1v) is 9.57. The minimum Gasteiger partial charge on any atom is -0.395 e. The molecule has 1 saturated heterocycles. The number of hydrogen-bond donors (Lipinski definition) is 5. The highest BCUT2D eigenvalue weighted by Gasteiger charge is 2.50. The van der Waals surface area contributed by atoms with E-state index in [0.29, 0.717) is 6.54 Å². The topological polar surface area (TPSA) is 113 Å². The standard InChI is InChI=1S/C19H38N2O5.ClH/c1-7-8-9-21-12(10-22)14(23)16(25)15(24)13(21)17(26)20-19(5,6)11-18(2,3)4;/h12-16,22-25H,7-11H2,1-6H3,(H,20,26);1H/t12-,13+,14-,15+,16+;/m1./s1. The molecule has 0 bridgehead atoms. The minimum atomic E-state index is -1.48. The van der Waals surface area contributed by atoms with Crippen molar-refractivity contribution in [3.63, 3.8) is 0 Å². The molecule has 0 saturated carbocycles. The smallest absolute Gasteiger partial charge is 0.240 e. The summed E-state index contributed by atoms with van der Waals surface area (Å²) >= 11 is 0. The zero-order valence-electron chi connectivity index (χ0n) is 17.5. The number of aliphatic hydroxyl groups is 4. The fourth-order valence-corrected chi connectivity index (χ4v) is 4.16. The molecule has 0 unspecified atom stereocenters. The molecule has 5 N–H and O–H groups in total. The van der Waals surface area contributed by atoms with E-state index in [1.165, 1.54) is 0 Å². The highest BCUT2D eigenvalue weighted by Crippen LogP contribution is 2.29. The van der Waals surface area contributed by atoms with E-state index < -0.39 is 48.4 Å². The zero-order valence-corrected chi connectivity index (χ0v) is 18.3. The summed E-state index contributed by atoms with van der Waals surface area (Å²) in [7, 11) is 0. The molecule has 1 fully saturated rings. The quantitative estimate of drug-likeness (QED) is 0.421. The van der Waals surface area contributed by atoms with Crippen molar-refractivity contribution in [2.75, 3.05) is 13.2 Å². The van der Waals surface area contributed by atoms with Gasteiger partial charge in [0.1, 0.15) is 24.4 Å². The van der Waals surface area contributed by atoms with E-state index >= 15 is 0 Å². The second-order valence-electron chi connectivity index (χ2n) is 9.37. The van der Waals surface area contributed by atoms with Crippen LogP contribution in [0.2, 0.25) is 0 Å². The monoisotopic (exact) mass is 410 g/mol. The summed E-state index contributed by atoms with van der Waals surface area (Å²) in [5.41, 5.74) is -0.492. The Balaban J connectivity index is 0.00000676. The van der Waals surface area contributed by atoms with Gasteiger partial charge in [0.2, 0.25) is 5.91 Å². The first-order valence-electron chi connectivity index (χ1n) is 9.57. The highest BCUT2D eigenvalue weighted by molar-refractivity contribution is 5.85. The first kappa shape index (κ1) is 26.6. The summed E-state index contributed by atoms with van der Waals surface area (Å²) in [6.45, 7) is 12.2. The van der Waals surface area contributed by atoms with E-state index in [-0.39, 0.29) is 17.8 Å². The Kier molecular flexibility index (Phi) is 10.2. The van der Waals surface area contributed by atoms with Gasteiger partial charge in [-0.15, -0.1) is 12.4 Å². The van der Waals surface area contributed by atoms with Gasteiger partial charge in [-0.1, -0.05) is 34.1 Å². The fraction of sp³-hybridized carbons (Fsp3) is 0.947. The van der Waals surface area contributed by atoms with Crippen LogP contribution in [0.5, 0.6) is 0 Å². The van der Waals surface area contributed by atoms with Crippen LogP contribution in [0.3, 0.4) is 0 Å². The Morgan fingerprint density at radius 3 is 2.04 bits per heavy atom. The maximum Gasteiger partial charge on any atom is 0.240 e. The second-order valence-corrected chi connectivity index (χ2v) is 9.37. The van der Waals surface area contributed by atoms with Crippen LogP contribution in [-0.4, -0.2) is 80.3 Å². The number of halogens is 1. The number of nitrogens with zero attached hydrogens (tertiary/aromatic N) is 1. The van der Waals surface area contributed by atoms with Gasteiger partial charge >= 0.3 is 0 Å². The van der Waals surface area contributed by atoms with Gasteiger partial charge in [-0.3, -0.25) is 9.69 Å². The Morgan fingerprint density at radius 1 is 1.04 bits per heavy atom. The van der Waals surface area contributed by atoms with Crippen molar-refractivity contribution in [3.8, 4) is 0 Å². The molecule has 7 nitrogen and oxygen atoms in total. The van der Waals surface area contributed by atoms with Crippen molar-refractivity contribution in [1.29, 1.82) is 0 Å². The lowest BCUT2D eigenvalue weighted by molar-refractivity contribution is -0.179. The third-order valence-corrected chi connectivity index (χ3v) is 4.86. The highest BCUT2D eigenvalue weighted by atomic mass is 35.5. The molecule has 27 heavy (non-hydrogen) atoms. The number of nitrogens with one attached hydrogen (secondary N) is 1. The summed E-state index contributed by atoms with van der Waals surface area (Å²) in [4.78, 5) is 14.6. The molecule has 1 amide bonds. The molecule has 1 aliphatic rings. The molecule has 0 aliphatic carbocycles. The van der Waals surface area contributed by atoms with Crippen LogP contribution in [0.4, 0.5) is 0 Å². The Bertz CT molecular complexity index is 470. The van der Waals surface area contributed by atoms with E-state index in [1.54, 1.807) is 4.90 Å². The molecule has 0 aromatic heterocycles. The van der Waals surface area contributed by atoms with Crippen molar-refractivity contribution in [1.82, 2.24) is 10.2 Å². The van der Waals surface area contributed by atoms with E-state index in [9.17, 15) is 25.2 Å². The summed E-state index contributed by atoms with van der Waals surface area (Å²) in [5, 5.41) is 43.6. The number of likely N-dealkylation sites (tertiary alicyclic amines) is 1. The molecule has 1 aliphatic heterocycles. The number of rotatable bonds is 7. The van der Waals surface area contributed by atoms with Crippen molar-refractivity contribution in [2.24, 2.45) is 5.41 Å². The maximum atomic E-state index is 13.0. The Morgan fingerprint density at radius 2 is 1.59 bits per heavy atom. The number of amides is 1. The number of carbonyl (C=O) groups is 1.